The van der Waals surface area contributed by atoms with Crippen LogP contribution in [0.3, 0.4) is 0 Å². The number of benzene rings is 1. The van der Waals surface area contributed by atoms with E-state index >= 15 is 0 Å². The van der Waals surface area contributed by atoms with E-state index in [0.717, 1.165) is 18.6 Å². The summed E-state index contributed by atoms with van der Waals surface area (Å²) in [6, 6.07) is 3.24. The number of methoxy groups -OCH3 is 2. The number of carbonyl (C=O) groups is 1. The van der Waals surface area contributed by atoms with Crippen molar-refractivity contribution < 1.29 is 24.1 Å². The number of hydrogen-bond acceptors (Lipinski definition) is 8. The van der Waals surface area contributed by atoms with Gasteiger partial charge < -0.3 is 19.3 Å². The molecule has 9 heteroatoms. The lowest BCUT2D eigenvalue weighted by atomic mass is 9.99. The molecule has 0 amide bonds. The zero-order valence-corrected chi connectivity index (χ0v) is 17.0. The highest BCUT2D eigenvalue weighted by Crippen LogP contribution is 2.44. The summed E-state index contributed by atoms with van der Waals surface area (Å²) in [6.45, 7) is 2.07. The molecule has 1 N–H and O–H groups in total. The monoisotopic (exact) mass is 406 g/mol. The summed E-state index contributed by atoms with van der Waals surface area (Å²) < 4.78 is 17.3. The van der Waals surface area contributed by atoms with Crippen LogP contribution in [0.2, 0.25) is 0 Å². The third kappa shape index (κ3) is 3.30. The van der Waals surface area contributed by atoms with Gasteiger partial charge >= 0.3 is 5.97 Å². The number of esters is 1. The predicted molar refractivity (Wildman–Crippen MR) is 104 cm³/mol. The van der Waals surface area contributed by atoms with Crippen LogP contribution in [0.4, 0.5) is 0 Å². The molecule has 2 heterocycles. The number of rotatable bonds is 7. The molecular weight excluding hydrogens is 384 g/mol. The number of carbonyl (C=O) groups excluding carboxylic acids is 1. The van der Waals surface area contributed by atoms with Gasteiger partial charge in [0.1, 0.15) is 11.1 Å². The Bertz CT molecular complexity index is 972. The Balaban J connectivity index is 2.09. The van der Waals surface area contributed by atoms with Gasteiger partial charge in [-0.25, -0.2) is 4.79 Å². The average Bonchev–Trinajstić information content (AvgIpc) is 3.01. The molecule has 1 unspecified atom stereocenters. The fourth-order valence-corrected chi connectivity index (χ4v) is 4.11. The SMILES string of the molecule is CCCCSc1nc(O)c(C2OC(=O)c3c2ccc(OC)c3OC)c(=O)n1C. The summed E-state index contributed by atoms with van der Waals surface area (Å²) in [6.07, 6.45) is 0.923. The molecule has 0 saturated carbocycles. The van der Waals surface area contributed by atoms with Crippen LogP contribution in [-0.2, 0) is 11.8 Å². The number of nitrogens with zero attached hydrogens (tertiary/aromatic N) is 2. The van der Waals surface area contributed by atoms with Crippen molar-refractivity contribution in [1.29, 1.82) is 0 Å². The minimum Gasteiger partial charge on any atom is -0.493 e. The molecule has 0 aliphatic carbocycles. The molecule has 28 heavy (non-hydrogen) atoms. The minimum atomic E-state index is -1.07. The molecule has 150 valence electrons. The number of aromatic nitrogens is 2. The van der Waals surface area contributed by atoms with Crippen LogP contribution < -0.4 is 15.0 Å². The Hall–Kier alpha value is -2.68. The number of hydrogen-bond donors (Lipinski definition) is 1. The lowest BCUT2D eigenvalue weighted by Gasteiger charge is -2.15. The van der Waals surface area contributed by atoms with Crippen molar-refractivity contribution in [3.63, 3.8) is 0 Å². The molecule has 1 aromatic heterocycles. The third-order valence-electron chi connectivity index (χ3n) is 4.54. The van der Waals surface area contributed by atoms with Gasteiger partial charge in [0, 0.05) is 18.4 Å². The standard InChI is InChI=1S/C19H22N2O6S/c1-5-6-9-28-19-20-16(22)13(17(23)21(19)2)14-10-7-8-11(25-3)15(26-4)12(10)18(24)27-14/h7-8,14,22H,5-6,9H2,1-4H3. The lowest BCUT2D eigenvalue weighted by molar-refractivity contribution is 0.0446. The summed E-state index contributed by atoms with van der Waals surface area (Å²) in [5, 5.41) is 10.9. The average molecular weight is 406 g/mol. The second-order valence-electron chi connectivity index (χ2n) is 6.25. The Labute approximate surface area is 166 Å². The van der Waals surface area contributed by atoms with E-state index in [1.807, 2.05) is 0 Å². The Kier molecular flexibility index (Phi) is 5.83. The number of ether oxygens (including phenoxy) is 3. The molecule has 0 fully saturated rings. The Morgan fingerprint density at radius 2 is 2.04 bits per heavy atom. The maximum Gasteiger partial charge on any atom is 0.343 e. The van der Waals surface area contributed by atoms with Crippen LogP contribution in [-0.4, -0.2) is 40.6 Å². The quantitative estimate of drug-likeness (QED) is 0.324. The van der Waals surface area contributed by atoms with Gasteiger partial charge in [-0.05, 0) is 12.5 Å². The van der Waals surface area contributed by atoms with Crippen LogP contribution in [0.5, 0.6) is 17.4 Å². The first-order valence-corrected chi connectivity index (χ1v) is 9.81. The molecule has 1 atom stereocenters. The number of cyclic esters (lactones) is 1. The van der Waals surface area contributed by atoms with E-state index in [4.69, 9.17) is 14.2 Å². The van der Waals surface area contributed by atoms with Gasteiger partial charge in [-0.15, -0.1) is 0 Å². The van der Waals surface area contributed by atoms with Crippen molar-refractivity contribution in [2.75, 3.05) is 20.0 Å². The van der Waals surface area contributed by atoms with Crippen LogP contribution in [0.15, 0.2) is 22.1 Å². The first-order chi connectivity index (χ1) is 13.4. The highest BCUT2D eigenvalue weighted by molar-refractivity contribution is 7.99. The maximum atomic E-state index is 12.9. The van der Waals surface area contributed by atoms with Gasteiger partial charge in [-0.1, -0.05) is 31.2 Å². The van der Waals surface area contributed by atoms with E-state index in [1.54, 1.807) is 19.2 Å². The summed E-state index contributed by atoms with van der Waals surface area (Å²) >= 11 is 1.40. The van der Waals surface area contributed by atoms with Crippen LogP contribution in [0.25, 0.3) is 0 Å². The zero-order valence-electron chi connectivity index (χ0n) is 16.1. The molecule has 8 nitrogen and oxygen atoms in total. The molecule has 0 radical (unpaired) electrons. The van der Waals surface area contributed by atoms with Gasteiger partial charge in [0.2, 0.25) is 5.88 Å². The lowest BCUT2D eigenvalue weighted by Crippen LogP contribution is -2.26. The van der Waals surface area contributed by atoms with Gasteiger partial charge in [0.25, 0.3) is 5.56 Å². The minimum absolute atomic E-state index is 0.0818. The predicted octanol–water partition coefficient (Wildman–Crippen LogP) is 2.66. The molecule has 1 aliphatic rings. The highest BCUT2D eigenvalue weighted by Gasteiger charge is 2.40. The summed E-state index contributed by atoms with van der Waals surface area (Å²) in [5.41, 5.74) is 0.0477. The fraction of sp³-hybridized carbons (Fsp3) is 0.421. The van der Waals surface area contributed by atoms with Crippen LogP contribution in [0, 0.1) is 0 Å². The first kappa shape index (κ1) is 20.1. The molecule has 1 aromatic carbocycles. The molecule has 0 saturated heterocycles. The van der Waals surface area contributed by atoms with Crippen molar-refractivity contribution in [3.05, 3.63) is 39.2 Å². The normalized spacial score (nSPS) is 15.3. The number of thioether (sulfide) groups is 1. The van der Waals surface area contributed by atoms with Gasteiger partial charge in [-0.3, -0.25) is 9.36 Å². The number of aromatic hydroxyl groups is 1. The highest BCUT2D eigenvalue weighted by atomic mass is 32.2. The molecule has 0 spiro atoms. The number of fused-ring (bicyclic) bond motifs is 1. The summed E-state index contributed by atoms with van der Waals surface area (Å²) in [5.74, 6) is 0.287. The van der Waals surface area contributed by atoms with Crippen molar-refractivity contribution >= 4 is 17.7 Å². The Morgan fingerprint density at radius 1 is 1.29 bits per heavy atom. The third-order valence-corrected chi connectivity index (χ3v) is 5.66. The molecule has 3 rings (SSSR count). The molecule has 0 bridgehead atoms. The topological polar surface area (TPSA) is 99.9 Å². The fourth-order valence-electron chi connectivity index (χ4n) is 3.07. The van der Waals surface area contributed by atoms with E-state index in [2.05, 4.69) is 11.9 Å². The van der Waals surface area contributed by atoms with Crippen molar-refractivity contribution in [1.82, 2.24) is 9.55 Å². The van der Waals surface area contributed by atoms with Gasteiger partial charge in [0.15, 0.2) is 22.8 Å². The van der Waals surface area contributed by atoms with E-state index in [1.165, 1.54) is 30.5 Å². The van der Waals surface area contributed by atoms with Crippen LogP contribution in [0.1, 0.15) is 47.4 Å². The van der Waals surface area contributed by atoms with Gasteiger partial charge in [-0.2, -0.15) is 4.98 Å². The van der Waals surface area contributed by atoms with E-state index in [9.17, 15) is 14.7 Å². The zero-order chi connectivity index (χ0) is 20.4. The maximum absolute atomic E-state index is 12.9. The van der Waals surface area contributed by atoms with Crippen molar-refractivity contribution in [3.8, 4) is 17.4 Å². The van der Waals surface area contributed by atoms with Gasteiger partial charge in [0.05, 0.1) is 14.2 Å². The largest absolute Gasteiger partial charge is 0.493 e. The summed E-state index contributed by atoms with van der Waals surface area (Å²) in [7, 11) is 4.46. The smallest absolute Gasteiger partial charge is 0.343 e. The second kappa shape index (κ2) is 8.14. The molecular formula is C19H22N2O6S. The van der Waals surface area contributed by atoms with Crippen LogP contribution >= 0.6 is 11.8 Å². The summed E-state index contributed by atoms with van der Waals surface area (Å²) in [4.78, 5) is 29.6. The van der Waals surface area contributed by atoms with Crippen molar-refractivity contribution in [2.24, 2.45) is 7.05 Å². The molecule has 2 aromatic rings. The molecule has 1 aliphatic heterocycles. The van der Waals surface area contributed by atoms with E-state index in [0.29, 0.717) is 16.5 Å². The first-order valence-electron chi connectivity index (χ1n) is 8.83. The Morgan fingerprint density at radius 3 is 2.68 bits per heavy atom. The van der Waals surface area contributed by atoms with E-state index in [-0.39, 0.29) is 16.9 Å². The van der Waals surface area contributed by atoms with E-state index < -0.39 is 23.5 Å². The second-order valence-corrected chi connectivity index (χ2v) is 7.31. The number of unbranched alkanes of at least 4 members (excludes halogenated alkanes) is 1. The van der Waals surface area contributed by atoms with Crippen molar-refractivity contribution in [2.45, 2.75) is 31.0 Å².